The van der Waals surface area contributed by atoms with Crippen molar-refractivity contribution in [3.63, 3.8) is 0 Å². The van der Waals surface area contributed by atoms with Crippen LogP contribution in [-0.4, -0.2) is 9.13 Å². The predicted octanol–water partition coefficient (Wildman–Crippen LogP) is 11.6. The second-order valence-electron chi connectivity index (χ2n) is 12.0. The Morgan fingerprint density at radius 3 is 1.58 bits per heavy atom. The minimum Gasteiger partial charge on any atom is -0.308 e. The van der Waals surface area contributed by atoms with Crippen molar-refractivity contribution in [1.82, 2.24) is 9.13 Å². The van der Waals surface area contributed by atoms with E-state index in [4.69, 9.17) is 6.57 Å². The van der Waals surface area contributed by atoms with Gasteiger partial charge in [-0.2, -0.15) is 18.4 Å². The van der Waals surface area contributed by atoms with E-state index < -0.39 is 11.7 Å². The molecule has 0 bridgehead atoms. The number of benzene rings is 6. The van der Waals surface area contributed by atoms with Gasteiger partial charge in [0.2, 0.25) is 0 Å². The Morgan fingerprint density at radius 1 is 0.625 bits per heavy atom. The summed E-state index contributed by atoms with van der Waals surface area (Å²) in [5.74, 6) is 0. The Morgan fingerprint density at radius 2 is 1.10 bits per heavy atom. The average Bonchev–Trinajstić information content (AvgIpc) is 3.62. The van der Waals surface area contributed by atoms with Crippen LogP contribution in [0.25, 0.3) is 71.0 Å². The van der Waals surface area contributed by atoms with Crippen molar-refractivity contribution in [2.24, 2.45) is 0 Å². The fourth-order valence-corrected chi connectivity index (χ4v) is 7.13. The molecular formula is C41H25F3N4. The molecule has 0 fully saturated rings. The van der Waals surface area contributed by atoms with Gasteiger partial charge in [-0.05, 0) is 78.6 Å². The van der Waals surface area contributed by atoms with Gasteiger partial charge in [-0.1, -0.05) is 72.8 Å². The maximum Gasteiger partial charge on any atom is 0.415 e. The molecule has 4 nitrogen and oxygen atoms in total. The first-order valence-corrected chi connectivity index (χ1v) is 15.4. The van der Waals surface area contributed by atoms with Crippen molar-refractivity contribution in [3.05, 3.63) is 149 Å². The topological polar surface area (TPSA) is 38.0 Å². The number of hydrogen-bond acceptors (Lipinski definition) is 1. The zero-order valence-electron chi connectivity index (χ0n) is 25.9. The first kappa shape index (κ1) is 29.1. The maximum atomic E-state index is 14.2. The van der Waals surface area contributed by atoms with E-state index in [2.05, 4.69) is 20.0 Å². The number of rotatable bonds is 3. The summed E-state index contributed by atoms with van der Waals surface area (Å²) in [5.41, 5.74) is 6.62. The van der Waals surface area contributed by atoms with Gasteiger partial charge in [0.15, 0.2) is 5.69 Å². The van der Waals surface area contributed by atoms with Gasteiger partial charge in [-0.3, -0.25) is 0 Å². The number of nitrogens with zero attached hydrogens (tertiary/aromatic N) is 4. The second kappa shape index (κ2) is 10.6. The summed E-state index contributed by atoms with van der Waals surface area (Å²) in [7, 11) is 0. The van der Waals surface area contributed by atoms with E-state index >= 15 is 0 Å². The lowest BCUT2D eigenvalue weighted by atomic mass is 9.97. The van der Waals surface area contributed by atoms with E-state index in [1.54, 1.807) is 12.1 Å². The number of halogens is 3. The Labute approximate surface area is 273 Å². The van der Waals surface area contributed by atoms with Crippen molar-refractivity contribution in [2.45, 2.75) is 20.0 Å². The molecular weight excluding hydrogens is 605 g/mol. The lowest BCUT2D eigenvalue weighted by Crippen LogP contribution is -2.07. The van der Waals surface area contributed by atoms with E-state index in [9.17, 15) is 18.4 Å². The summed E-state index contributed by atoms with van der Waals surface area (Å²) >= 11 is 0. The van der Waals surface area contributed by atoms with Crippen LogP contribution in [0.3, 0.4) is 0 Å². The van der Waals surface area contributed by atoms with Crippen LogP contribution < -0.4 is 0 Å². The lowest BCUT2D eigenvalue weighted by Gasteiger charge is -2.20. The van der Waals surface area contributed by atoms with Crippen LogP contribution in [0.2, 0.25) is 0 Å². The average molecular weight is 631 g/mol. The zero-order chi connectivity index (χ0) is 33.3. The highest BCUT2D eigenvalue weighted by molar-refractivity contribution is 6.12. The van der Waals surface area contributed by atoms with Crippen LogP contribution in [0.1, 0.15) is 22.3 Å². The molecule has 0 aliphatic carbocycles. The molecule has 2 aromatic heterocycles. The number of hydrogen-bond donors (Lipinski definition) is 0. The van der Waals surface area contributed by atoms with Crippen molar-refractivity contribution in [1.29, 1.82) is 5.26 Å². The molecule has 6 aromatic carbocycles. The van der Waals surface area contributed by atoms with Gasteiger partial charge in [-0.25, -0.2) is 4.85 Å². The minimum absolute atomic E-state index is 0.118. The lowest BCUT2D eigenvalue weighted by molar-refractivity contribution is -0.137. The van der Waals surface area contributed by atoms with Gasteiger partial charge in [0, 0.05) is 27.1 Å². The Hall–Kier alpha value is -6.31. The molecule has 0 aliphatic heterocycles. The highest BCUT2D eigenvalue weighted by Gasteiger charge is 2.31. The van der Waals surface area contributed by atoms with Gasteiger partial charge >= 0.3 is 6.18 Å². The van der Waals surface area contributed by atoms with Gasteiger partial charge in [0.05, 0.1) is 40.0 Å². The van der Waals surface area contributed by atoms with Crippen LogP contribution >= 0.6 is 0 Å². The van der Waals surface area contributed by atoms with E-state index in [-0.39, 0.29) is 11.3 Å². The number of para-hydroxylation sites is 4. The monoisotopic (exact) mass is 630 g/mol. The number of aromatic nitrogens is 2. The van der Waals surface area contributed by atoms with E-state index in [0.717, 1.165) is 66.9 Å². The molecule has 7 heteroatoms. The SMILES string of the molecule is [C-]#[N+]c1cc(-c2cc(-n3c4ccccc4c4cccc(C)c43)c(C#N)c(-n3c4ccccc4c4cccc(C)c43)c2)cc(C(F)(F)F)c1. The first-order chi connectivity index (χ1) is 23.2. The Kier molecular flexibility index (Phi) is 6.44. The summed E-state index contributed by atoms with van der Waals surface area (Å²) < 4.78 is 46.6. The van der Waals surface area contributed by atoms with Gasteiger partial charge < -0.3 is 9.13 Å². The zero-order valence-corrected chi connectivity index (χ0v) is 25.9. The van der Waals surface area contributed by atoms with Crippen LogP contribution in [0, 0.1) is 31.8 Å². The summed E-state index contributed by atoms with van der Waals surface area (Å²) in [6, 6.07) is 37.5. The summed E-state index contributed by atoms with van der Waals surface area (Å²) in [5, 5.41) is 15.0. The van der Waals surface area contributed by atoms with Gasteiger partial charge in [-0.15, -0.1) is 0 Å². The molecule has 0 saturated carbocycles. The molecule has 8 rings (SSSR count). The first-order valence-electron chi connectivity index (χ1n) is 15.4. The van der Waals surface area contributed by atoms with Gasteiger partial charge in [0.1, 0.15) is 11.6 Å². The summed E-state index contributed by atoms with van der Waals surface area (Å²) in [6.45, 7) is 11.6. The molecule has 0 aliphatic rings. The van der Waals surface area contributed by atoms with E-state index in [1.807, 2.05) is 98.8 Å². The summed E-state index contributed by atoms with van der Waals surface area (Å²) in [6.07, 6.45) is -4.65. The molecule has 0 saturated heterocycles. The highest BCUT2D eigenvalue weighted by atomic mass is 19.4. The molecule has 230 valence electrons. The molecule has 48 heavy (non-hydrogen) atoms. The minimum atomic E-state index is -4.65. The van der Waals surface area contributed by atoms with E-state index in [0.29, 0.717) is 22.5 Å². The molecule has 0 spiro atoms. The third-order valence-electron chi connectivity index (χ3n) is 9.19. The molecule has 0 atom stereocenters. The quantitative estimate of drug-likeness (QED) is 0.179. The second-order valence-corrected chi connectivity index (χ2v) is 12.0. The van der Waals surface area contributed by atoms with Crippen LogP contribution in [0.15, 0.2) is 115 Å². The Balaban J connectivity index is 1.59. The number of alkyl halides is 3. The predicted molar refractivity (Wildman–Crippen MR) is 186 cm³/mol. The third kappa shape index (κ3) is 4.29. The van der Waals surface area contributed by atoms with Crippen LogP contribution in [-0.2, 0) is 6.18 Å². The van der Waals surface area contributed by atoms with E-state index in [1.165, 1.54) is 6.07 Å². The van der Waals surface area contributed by atoms with Crippen molar-refractivity contribution < 1.29 is 13.2 Å². The largest absolute Gasteiger partial charge is 0.415 e. The maximum absolute atomic E-state index is 14.2. The third-order valence-corrected chi connectivity index (χ3v) is 9.19. The van der Waals surface area contributed by atoms with Crippen LogP contribution in [0.5, 0.6) is 0 Å². The fraction of sp³-hybridized carbons (Fsp3) is 0.0732. The number of fused-ring (bicyclic) bond motifs is 6. The number of aryl methyl sites for hydroxylation is 2. The smallest absolute Gasteiger partial charge is 0.308 e. The molecule has 0 radical (unpaired) electrons. The number of nitriles is 1. The van der Waals surface area contributed by atoms with Crippen LogP contribution in [0.4, 0.5) is 18.9 Å². The summed E-state index contributed by atoms with van der Waals surface area (Å²) in [4.78, 5) is 3.38. The Bertz CT molecular complexity index is 2570. The molecule has 2 heterocycles. The standard InChI is InChI=1S/C41H25F3N4/c1-24-10-8-14-32-30-12-4-6-16-35(30)47(39(24)32)37-20-27(26-18-28(41(42,43)44)22-29(19-26)46-3)21-38(34(37)23-45)48-36-17-7-5-13-31(36)33-15-9-11-25(2)40(33)48/h4-22H,1-2H3. The highest BCUT2D eigenvalue weighted by Crippen LogP contribution is 2.43. The van der Waals surface area contributed by atoms with Crippen molar-refractivity contribution in [3.8, 4) is 28.6 Å². The van der Waals surface area contributed by atoms with Crippen molar-refractivity contribution in [2.75, 3.05) is 0 Å². The molecule has 8 aromatic rings. The van der Waals surface area contributed by atoms with Gasteiger partial charge in [0.25, 0.3) is 0 Å². The molecule has 0 unspecified atom stereocenters. The van der Waals surface area contributed by atoms with Crippen molar-refractivity contribution >= 4 is 49.3 Å². The fourth-order valence-electron chi connectivity index (χ4n) is 7.13. The molecule has 0 amide bonds. The molecule has 0 N–H and O–H groups in total. The normalized spacial score (nSPS) is 11.8.